The highest BCUT2D eigenvalue weighted by atomic mass is 16.5. The molecule has 2 heterocycles. The minimum absolute atomic E-state index is 0.00318. The van der Waals surface area contributed by atoms with Gasteiger partial charge in [0.1, 0.15) is 11.6 Å². The number of ether oxygens (including phenoxy) is 1. The number of fused-ring (bicyclic) bond motifs is 2. The molecule has 2 aromatic carbocycles. The number of amidine groups is 1. The van der Waals surface area contributed by atoms with Gasteiger partial charge in [-0.1, -0.05) is 6.07 Å². The molecule has 7 heteroatoms. The number of likely N-dealkylation sites (tertiary alicyclic amines) is 1. The Labute approximate surface area is 162 Å². The number of phenols is 2. The number of benzene rings is 2. The van der Waals surface area contributed by atoms with Gasteiger partial charge in [-0.3, -0.25) is 10.2 Å². The molecule has 0 bridgehead atoms. The normalized spacial score (nSPS) is 17.2. The highest BCUT2D eigenvalue weighted by molar-refractivity contribution is 5.95. The zero-order valence-corrected chi connectivity index (χ0v) is 15.4. The molecule has 7 nitrogen and oxygen atoms in total. The van der Waals surface area contributed by atoms with E-state index < -0.39 is 0 Å². The fourth-order valence-corrected chi connectivity index (χ4v) is 4.09. The lowest BCUT2D eigenvalue weighted by molar-refractivity contribution is -0.132. The summed E-state index contributed by atoms with van der Waals surface area (Å²) in [6.45, 7) is 1.82. The van der Waals surface area contributed by atoms with Crippen molar-refractivity contribution in [3.8, 4) is 17.2 Å². The minimum atomic E-state index is -0.219. The average molecular weight is 381 g/mol. The number of nitrogens with two attached hydrogens (primary N) is 1. The van der Waals surface area contributed by atoms with Crippen LogP contribution in [0.4, 0.5) is 0 Å². The lowest BCUT2D eigenvalue weighted by atomic mass is 9.74. The summed E-state index contributed by atoms with van der Waals surface area (Å²) in [4.78, 5) is 14.5. The monoisotopic (exact) mass is 381 g/mol. The van der Waals surface area contributed by atoms with Gasteiger partial charge in [-0.05, 0) is 48.7 Å². The summed E-state index contributed by atoms with van der Waals surface area (Å²) in [6, 6.07) is 10.1. The maximum absolute atomic E-state index is 12.7. The molecule has 1 spiro atoms. The van der Waals surface area contributed by atoms with Crippen molar-refractivity contribution in [2.24, 2.45) is 5.73 Å². The summed E-state index contributed by atoms with van der Waals surface area (Å²) in [5.74, 6) is 0.459. The first-order valence-electron chi connectivity index (χ1n) is 9.28. The molecule has 5 N–H and O–H groups in total. The van der Waals surface area contributed by atoms with E-state index in [4.69, 9.17) is 15.9 Å². The number of carbonyl (C=O) groups is 1. The van der Waals surface area contributed by atoms with Crippen molar-refractivity contribution in [1.82, 2.24) is 4.90 Å². The third kappa shape index (κ3) is 3.13. The zero-order chi connectivity index (χ0) is 19.9. The Kier molecular flexibility index (Phi) is 4.37. The van der Waals surface area contributed by atoms with E-state index in [9.17, 15) is 15.0 Å². The number of aromatic hydroxyl groups is 2. The van der Waals surface area contributed by atoms with Gasteiger partial charge in [0.25, 0.3) is 0 Å². The van der Waals surface area contributed by atoms with Crippen LogP contribution in [0.25, 0.3) is 0 Å². The number of nitrogen functional groups attached to an aromatic ring is 1. The van der Waals surface area contributed by atoms with E-state index in [1.807, 2.05) is 17.0 Å². The fraction of sp³-hybridized carbons (Fsp3) is 0.333. The summed E-state index contributed by atoms with van der Waals surface area (Å²) >= 11 is 0. The van der Waals surface area contributed by atoms with Gasteiger partial charge in [0.05, 0.1) is 13.0 Å². The molecule has 0 atom stereocenters. The second-order valence-electron chi connectivity index (χ2n) is 7.57. The maximum atomic E-state index is 12.7. The minimum Gasteiger partial charge on any atom is -0.504 e. The van der Waals surface area contributed by atoms with Crippen LogP contribution in [0.3, 0.4) is 0 Å². The van der Waals surface area contributed by atoms with Crippen molar-refractivity contribution in [1.29, 1.82) is 5.41 Å². The molecule has 28 heavy (non-hydrogen) atoms. The number of nitrogens with zero attached hydrogens (tertiary/aromatic N) is 1. The van der Waals surface area contributed by atoms with Crippen molar-refractivity contribution >= 4 is 11.7 Å². The van der Waals surface area contributed by atoms with E-state index in [-0.39, 0.29) is 35.1 Å². The van der Waals surface area contributed by atoms with Crippen LogP contribution in [0.5, 0.6) is 17.2 Å². The van der Waals surface area contributed by atoms with Gasteiger partial charge in [0.2, 0.25) is 5.91 Å². The number of phenolic OH excluding ortho intramolecular Hbond substituents is 2. The van der Waals surface area contributed by atoms with Crippen molar-refractivity contribution in [2.75, 3.05) is 19.7 Å². The van der Waals surface area contributed by atoms with Crippen LogP contribution in [0.1, 0.15) is 29.5 Å². The van der Waals surface area contributed by atoms with Gasteiger partial charge in [-0.2, -0.15) is 0 Å². The summed E-state index contributed by atoms with van der Waals surface area (Å²) in [6.07, 6.45) is 1.75. The van der Waals surface area contributed by atoms with Gasteiger partial charge >= 0.3 is 0 Å². The van der Waals surface area contributed by atoms with Crippen molar-refractivity contribution in [3.05, 3.63) is 53.1 Å². The van der Waals surface area contributed by atoms with Gasteiger partial charge in [0.15, 0.2) is 11.5 Å². The van der Waals surface area contributed by atoms with Crippen molar-refractivity contribution in [2.45, 2.75) is 24.7 Å². The first-order chi connectivity index (χ1) is 13.4. The third-order valence-corrected chi connectivity index (χ3v) is 5.83. The molecule has 2 aliphatic heterocycles. The van der Waals surface area contributed by atoms with E-state index in [1.54, 1.807) is 12.1 Å². The van der Waals surface area contributed by atoms with Crippen LogP contribution in [-0.4, -0.2) is 46.6 Å². The number of hydrogen-bond donors (Lipinski definition) is 4. The summed E-state index contributed by atoms with van der Waals surface area (Å²) in [5.41, 5.74) is 7.93. The maximum Gasteiger partial charge on any atom is 0.226 e. The molecule has 1 fully saturated rings. The molecule has 146 valence electrons. The van der Waals surface area contributed by atoms with Gasteiger partial charge < -0.3 is 25.6 Å². The number of nitrogens with one attached hydrogen (secondary N) is 1. The molecule has 1 saturated heterocycles. The number of rotatable bonds is 3. The van der Waals surface area contributed by atoms with Crippen LogP contribution >= 0.6 is 0 Å². The Hall–Kier alpha value is -3.22. The molecule has 0 aliphatic carbocycles. The van der Waals surface area contributed by atoms with Crippen LogP contribution in [-0.2, 0) is 16.6 Å². The topological polar surface area (TPSA) is 120 Å². The smallest absolute Gasteiger partial charge is 0.226 e. The molecule has 0 aromatic heterocycles. The predicted octanol–water partition coefficient (Wildman–Crippen LogP) is 1.88. The van der Waals surface area contributed by atoms with Crippen molar-refractivity contribution in [3.63, 3.8) is 0 Å². The first-order valence-corrected chi connectivity index (χ1v) is 9.28. The molecule has 2 aliphatic rings. The van der Waals surface area contributed by atoms with E-state index in [0.717, 1.165) is 24.2 Å². The molecule has 0 unspecified atom stereocenters. The Balaban J connectivity index is 1.45. The quantitative estimate of drug-likeness (QED) is 0.368. The van der Waals surface area contributed by atoms with E-state index >= 15 is 0 Å². The molecular formula is C21H23N3O4. The number of amides is 1. The summed E-state index contributed by atoms with van der Waals surface area (Å²) in [5, 5.41) is 26.7. The molecule has 0 radical (unpaired) electrons. The lowest BCUT2D eigenvalue weighted by Gasteiger charge is -2.38. The van der Waals surface area contributed by atoms with Crippen LogP contribution in [0.2, 0.25) is 0 Å². The summed E-state index contributed by atoms with van der Waals surface area (Å²) in [7, 11) is 0. The molecule has 4 rings (SSSR count). The lowest BCUT2D eigenvalue weighted by Crippen LogP contribution is -2.46. The highest BCUT2D eigenvalue weighted by Gasteiger charge is 2.43. The zero-order valence-electron chi connectivity index (χ0n) is 15.4. The Morgan fingerprint density at radius 3 is 2.57 bits per heavy atom. The van der Waals surface area contributed by atoms with Gasteiger partial charge in [-0.15, -0.1) is 0 Å². The average Bonchev–Trinajstić information content (AvgIpc) is 3.03. The number of piperidine rings is 1. The van der Waals surface area contributed by atoms with Crippen LogP contribution < -0.4 is 10.5 Å². The largest absolute Gasteiger partial charge is 0.504 e. The van der Waals surface area contributed by atoms with E-state index in [2.05, 4.69) is 0 Å². The SMILES string of the molecule is N=C(N)c1ccc2c(c1)C1(CCN(C(=O)Cc3ccc(O)c(O)c3)CC1)CO2. The Morgan fingerprint density at radius 1 is 1.14 bits per heavy atom. The van der Waals surface area contributed by atoms with Gasteiger partial charge in [0, 0.05) is 29.6 Å². The number of hydrogen-bond acceptors (Lipinski definition) is 5. The second kappa shape index (κ2) is 6.74. The Morgan fingerprint density at radius 2 is 1.89 bits per heavy atom. The second-order valence-corrected chi connectivity index (χ2v) is 7.57. The molecule has 2 aromatic rings. The van der Waals surface area contributed by atoms with Crippen molar-refractivity contribution < 1.29 is 19.7 Å². The first kappa shape index (κ1) is 18.2. The molecular weight excluding hydrogens is 358 g/mol. The fourth-order valence-electron chi connectivity index (χ4n) is 4.09. The molecule has 0 saturated carbocycles. The standard InChI is InChI=1S/C21H23N3O4/c22-20(23)14-2-4-18-15(11-14)21(12-28-18)5-7-24(8-6-21)19(27)10-13-1-3-16(25)17(26)9-13/h1-4,9,11,25-26H,5-8,10,12H2,(H3,22,23). The van der Waals surface area contributed by atoms with E-state index in [0.29, 0.717) is 30.8 Å². The van der Waals surface area contributed by atoms with E-state index in [1.165, 1.54) is 12.1 Å². The third-order valence-electron chi connectivity index (χ3n) is 5.83. The Bertz CT molecular complexity index is 949. The number of carbonyl (C=O) groups excluding carboxylic acids is 1. The molecule has 1 amide bonds. The predicted molar refractivity (Wildman–Crippen MR) is 104 cm³/mol. The van der Waals surface area contributed by atoms with Gasteiger partial charge in [-0.25, -0.2) is 0 Å². The summed E-state index contributed by atoms with van der Waals surface area (Å²) < 4.78 is 5.88. The van der Waals surface area contributed by atoms with Crippen LogP contribution in [0, 0.1) is 5.41 Å². The van der Waals surface area contributed by atoms with Crippen LogP contribution in [0.15, 0.2) is 36.4 Å². The highest BCUT2D eigenvalue weighted by Crippen LogP contribution is 2.45.